The maximum atomic E-state index is 4.42. The van der Waals surface area contributed by atoms with E-state index in [-0.39, 0.29) is 0 Å². The van der Waals surface area contributed by atoms with E-state index in [9.17, 15) is 0 Å². The monoisotopic (exact) mass is 278 g/mol. The van der Waals surface area contributed by atoms with E-state index in [1.807, 2.05) is 12.3 Å². The molecule has 0 bridgehead atoms. The molecule has 0 atom stereocenters. The first-order valence-corrected chi connectivity index (χ1v) is 6.35. The van der Waals surface area contributed by atoms with Gasteiger partial charge in [-0.25, -0.2) is 0 Å². The number of pyridine rings is 1. The van der Waals surface area contributed by atoms with Crippen LogP contribution in [-0.2, 0) is 0 Å². The Bertz CT molecular complexity index is 492. The molecule has 0 radical (unpaired) electrons. The molecule has 0 N–H and O–H groups in total. The van der Waals surface area contributed by atoms with Crippen molar-refractivity contribution in [3.8, 4) is 0 Å². The van der Waals surface area contributed by atoms with E-state index in [0.717, 1.165) is 23.1 Å². The highest BCUT2D eigenvalue weighted by molar-refractivity contribution is 9.10. The van der Waals surface area contributed by atoms with Gasteiger partial charge in [0.25, 0.3) is 0 Å². The quantitative estimate of drug-likeness (QED) is 0.848. The number of benzene rings is 1. The maximum absolute atomic E-state index is 4.42. The van der Waals surface area contributed by atoms with Crippen molar-refractivity contribution in [2.45, 2.75) is 13.8 Å². The SMILES string of the molecule is CCN(CC)c1ccnc2c(Br)cccc12. The van der Waals surface area contributed by atoms with Gasteiger partial charge in [-0.1, -0.05) is 12.1 Å². The Hall–Kier alpha value is -1.09. The Morgan fingerprint density at radius 3 is 2.62 bits per heavy atom. The minimum Gasteiger partial charge on any atom is -0.371 e. The van der Waals surface area contributed by atoms with Crippen LogP contribution in [0.1, 0.15) is 13.8 Å². The molecule has 0 aliphatic rings. The summed E-state index contributed by atoms with van der Waals surface area (Å²) in [7, 11) is 0. The van der Waals surface area contributed by atoms with Crippen LogP contribution in [0.4, 0.5) is 5.69 Å². The number of nitrogens with zero attached hydrogens (tertiary/aromatic N) is 2. The second-order valence-electron chi connectivity index (χ2n) is 3.64. The lowest BCUT2D eigenvalue weighted by molar-refractivity contribution is 0.870. The summed E-state index contributed by atoms with van der Waals surface area (Å²) >= 11 is 3.54. The van der Waals surface area contributed by atoms with E-state index < -0.39 is 0 Å². The highest BCUT2D eigenvalue weighted by Gasteiger charge is 2.08. The molecule has 0 amide bonds. The van der Waals surface area contributed by atoms with Gasteiger partial charge in [0.05, 0.1) is 5.52 Å². The third-order valence-corrected chi connectivity index (χ3v) is 3.44. The fourth-order valence-corrected chi connectivity index (χ4v) is 2.43. The van der Waals surface area contributed by atoms with Gasteiger partial charge in [-0.05, 0) is 41.9 Å². The van der Waals surface area contributed by atoms with Crippen LogP contribution in [0.3, 0.4) is 0 Å². The fourth-order valence-electron chi connectivity index (χ4n) is 1.97. The summed E-state index contributed by atoms with van der Waals surface area (Å²) in [5, 5.41) is 1.21. The zero-order valence-electron chi connectivity index (χ0n) is 9.57. The van der Waals surface area contributed by atoms with Gasteiger partial charge in [-0.2, -0.15) is 0 Å². The lowest BCUT2D eigenvalue weighted by Crippen LogP contribution is -2.22. The molecule has 1 aromatic carbocycles. The molecule has 0 spiro atoms. The zero-order chi connectivity index (χ0) is 11.5. The highest BCUT2D eigenvalue weighted by atomic mass is 79.9. The van der Waals surface area contributed by atoms with E-state index in [0.29, 0.717) is 0 Å². The second kappa shape index (κ2) is 4.83. The van der Waals surface area contributed by atoms with Crippen LogP contribution in [0.5, 0.6) is 0 Å². The third kappa shape index (κ3) is 1.92. The molecule has 0 fully saturated rings. The smallest absolute Gasteiger partial charge is 0.0864 e. The number of halogens is 1. The molecular formula is C13H15BrN2. The number of rotatable bonds is 3. The molecule has 0 aliphatic carbocycles. The summed E-state index contributed by atoms with van der Waals surface area (Å²) in [6.07, 6.45) is 1.88. The number of aromatic nitrogens is 1. The lowest BCUT2D eigenvalue weighted by atomic mass is 10.1. The van der Waals surface area contributed by atoms with Crippen molar-refractivity contribution in [1.29, 1.82) is 0 Å². The molecule has 0 saturated heterocycles. The van der Waals surface area contributed by atoms with E-state index in [4.69, 9.17) is 0 Å². The van der Waals surface area contributed by atoms with Crippen molar-refractivity contribution < 1.29 is 0 Å². The maximum Gasteiger partial charge on any atom is 0.0864 e. The van der Waals surface area contributed by atoms with Gasteiger partial charge in [0, 0.05) is 34.8 Å². The van der Waals surface area contributed by atoms with Crippen molar-refractivity contribution in [3.05, 3.63) is 34.9 Å². The van der Waals surface area contributed by atoms with Crippen molar-refractivity contribution >= 4 is 32.5 Å². The van der Waals surface area contributed by atoms with Gasteiger partial charge < -0.3 is 4.90 Å². The van der Waals surface area contributed by atoms with E-state index >= 15 is 0 Å². The van der Waals surface area contributed by atoms with Crippen molar-refractivity contribution in [2.24, 2.45) is 0 Å². The summed E-state index contributed by atoms with van der Waals surface area (Å²) in [4.78, 5) is 6.76. The average molecular weight is 279 g/mol. The van der Waals surface area contributed by atoms with Crippen molar-refractivity contribution in [3.63, 3.8) is 0 Å². The molecule has 0 aliphatic heterocycles. The molecule has 2 rings (SSSR count). The molecular weight excluding hydrogens is 264 g/mol. The van der Waals surface area contributed by atoms with Gasteiger partial charge >= 0.3 is 0 Å². The number of fused-ring (bicyclic) bond motifs is 1. The third-order valence-electron chi connectivity index (χ3n) is 2.80. The first-order chi connectivity index (χ1) is 7.77. The first kappa shape index (κ1) is 11.4. The molecule has 1 aromatic heterocycles. The Labute approximate surface area is 104 Å². The number of anilines is 1. The summed E-state index contributed by atoms with van der Waals surface area (Å²) < 4.78 is 1.05. The molecule has 0 unspecified atom stereocenters. The van der Waals surface area contributed by atoms with Gasteiger partial charge in [0.1, 0.15) is 0 Å². The Balaban J connectivity index is 2.66. The summed E-state index contributed by atoms with van der Waals surface area (Å²) in [6, 6.07) is 8.30. The minimum absolute atomic E-state index is 1.02. The fraction of sp³-hybridized carbons (Fsp3) is 0.308. The molecule has 2 aromatic rings. The number of hydrogen-bond donors (Lipinski definition) is 0. The van der Waals surface area contributed by atoms with Crippen LogP contribution in [-0.4, -0.2) is 18.1 Å². The first-order valence-electron chi connectivity index (χ1n) is 5.56. The van der Waals surface area contributed by atoms with E-state index in [1.54, 1.807) is 0 Å². The second-order valence-corrected chi connectivity index (χ2v) is 4.49. The van der Waals surface area contributed by atoms with Crippen molar-refractivity contribution in [1.82, 2.24) is 4.98 Å². The predicted octanol–water partition coefficient (Wildman–Crippen LogP) is 3.84. The Kier molecular flexibility index (Phi) is 3.44. The topological polar surface area (TPSA) is 16.1 Å². The van der Waals surface area contributed by atoms with Gasteiger partial charge in [-0.3, -0.25) is 4.98 Å². The van der Waals surface area contributed by atoms with Gasteiger partial charge in [0.2, 0.25) is 0 Å². The van der Waals surface area contributed by atoms with E-state index in [2.05, 4.69) is 57.9 Å². The molecule has 16 heavy (non-hydrogen) atoms. The predicted molar refractivity (Wildman–Crippen MR) is 73.0 cm³/mol. The van der Waals surface area contributed by atoms with Crippen LogP contribution in [0.15, 0.2) is 34.9 Å². The van der Waals surface area contributed by atoms with Crippen LogP contribution in [0, 0.1) is 0 Å². The molecule has 0 saturated carbocycles. The standard InChI is InChI=1S/C13H15BrN2/c1-3-16(4-2)12-8-9-15-13-10(12)6-5-7-11(13)14/h5-9H,3-4H2,1-2H3. The molecule has 1 heterocycles. The normalized spacial score (nSPS) is 10.7. The lowest BCUT2D eigenvalue weighted by Gasteiger charge is -2.22. The molecule has 3 heteroatoms. The Morgan fingerprint density at radius 2 is 1.94 bits per heavy atom. The van der Waals surface area contributed by atoms with Crippen LogP contribution < -0.4 is 4.90 Å². The van der Waals surface area contributed by atoms with Crippen LogP contribution >= 0.6 is 15.9 Å². The largest absolute Gasteiger partial charge is 0.371 e. The minimum atomic E-state index is 1.02. The summed E-state index contributed by atoms with van der Waals surface area (Å²) in [5.41, 5.74) is 2.29. The van der Waals surface area contributed by atoms with Crippen LogP contribution in [0.2, 0.25) is 0 Å². The average Bonchev–Trinajstić information content (AvgIpc) is 2.32. The van der Waals surface area contributed by atoms with Crippen LogP contribution in [0.25, 0.3) is 10.9 Å². The van der Waals surface area contributed by atoms with E-state index in [1.165, 1.54) is 11.1 Å². The highest BCUT2D eigenvalue weighted by Crippen LogP contribution is 2.29. The van der Waals surface area contributed by atoms with Gasteiger partial charge in [-0.15, -0.1) is 0 Å². The summed E-state index contributed by atoms with van der Waals surface area (Å²) in [5.74, 6) is 0. The molecule has 2 nitrogen and oxygen atoms in total. The number of hydrogen-bond acceptors (Lipinski definition) is 2. The number of para-hydroxylation sites is 1. The molecule has 84 valence electrons. The Morgan fingerprint density at radius 1 is 1.19 bits per heavy atom. The summed E-state index contributed by atoms with van der Waals surface area (Å²) in [6.45, 7) is 6.38. The van der Waals surface area contributed by atoms with Crippen molar-refractivity contribution in [2.75, 3.05) is 18.0 Å². The zero-order valence-corrected chi connectivity index (χ0v) is 11.2. The van der Waals surface area contributed by atoms with Gasteiger partial charge in [0.15, 0.2) is 0 Å².